The van der Waals surface area contributed by atoms with E-state index >= 15 is 0 Å². The van der Waals surface area contributed by atoms with Gasteiger partial charge in [0.15, 0.2) is 5.82 Å². The maximum atomic E-state index is 13.1. The van der Waals surface area contributed by atoms with Gasteiger partial charge in [-0.05, 0) is 43.2 Å². The molecular weight excluding hydrogens is 361 g/mol. The third kappa shape index (κ3) is 3.08. The molecule has 144 valence electrons. The Bertz CT molecular complexity index is 990. The number of hydrogen-bond donors (Lipinski definition) is 1. The third-order valence-corrected chi connectivity index (χ3v) is 5.68. The summed E-state index contributed by atoms with van der Waals surface area (Å²) >= 11 is 0. The fraction of sp³-hybridized carbons (Fsp3) is 0.400. The van der Waals surface area contributed by atoms with E-state index in [0.717, 1.165) is 18.4 Å². The Labute approximate surface area is 160 Å². The molecular formula is C20H20FN5O2. The lowest BCUT2D eigenvalue weighted by molar-refractivity contribution is -0.129. The topological polar surface area (TPSA) is 87.9 Å². The number of halogens is 1. The van der Waals surface area contributed by atoms with Crippen molar-refractivity contribution in [3.05, 3.63) is 42.0 Å². The molecule has 0 bridgehead atoms. The Morgan fingerprint density at radius 3 is 2.75 bits per heavy atom. The van der Waals surface area contributed by atoms with Crippen molar-refractivity contribution in [3.63, 3.8) is 0 Å². The number of rotatable bonds is 4. The number of nitrogens with zero attached hydrogens (tertiary/aromatic N) is 4. The van der Waals surface area contributed by atoms with Crippen LogP contribution < -0.4 is 0 Å². The van der Waals surface area contributed by atoms with Gasteiger partial charge in [0.25, 0.3) is 5.89 Å². The van der Waals surface area contributed by atoms with Crippen molar-refractivity contribution in [1.29, 1.82) is 0 Å². The zero-order valence-corrected chi connectivity index (χ0v) is 15.3. The summed E-state index contributed by atoms with van der Waals surface area (Å²) in [5, 5.41) is 11.2. The molecule has 2 aliphatic rings. The average molecular weight is 381 g/mol. The summed E-state index contributed by atoms with van der Waals surface area (Å²) in [6, 6.07) is 8.26. The summed E-state index contributed by atoms with van der Waals surface area (Å²) in [7, 11) is 0. The van der Waals surface area contributed by atoms with Crippen LogP contribution in [0.15, 0.2) is 34.9 Å². The minimum atomic E-state index is -0.293. The number of H-pyrrole nitrogens is 1. The van der Waals surface area contributed by atoms with E-state index in [2.05, 4.69) is 20.3 Å². The molecule has 3 heterocycles. The number of aromatic amines is 1. The first kappa shape index (κ1) is 17.1. The highest BCUT2D eigenvalue weighted by Gasteiger charge is 2.38. The quantitative estimate of drug-likeness (QED) is 0.747. The predicted molar refractivity (Wildman–Crippen MR) is 98.6 cm³/mol. The first-order valence-electron chi connectivity index (χ1n) is 9.62. The van der Waals surface area contributed by atoms with Crippen molar-refractivity contribution >= 4 is 5.91 Å². The third-order valence-electron chi connectivity index (χ3n) is 5.68. The summed E-state index contributed by atoms with van der Waals surface area (Å²) in [5.74, 6) is 0.747. The van der Waals surface area contributed by atoms with Gasteiger partial charge in [0, 0.05) is 30.5 Å². The molecule has 1 saturated heterocycles. The molecule has 1 aliphatic carbocycles. The highest BCUT2D eigenvalue weighted by molar-refractivity contribution is 5.80. The molecule has 5 rings (SSSR count). The Kier molecular flexibility index (Phi) is 4.18. The number of carbonyl (C=O) groups excluding carboxylic acids is 1. The first-order valence-corrected chi connectivity index (χ1v) is 9.62. The van der Waals surface area contributed by atoms with E-state index in [-0.39, 0.29) is 17.6 Å². The monoisotopic (exact) mass is 381 g/mol. The van der Waals surface area contributed by atoms with Gasteiger partial charge >= 0.3 is 0 Å². The van der Waals surface area contributed by atoms with Gasteiger partial charge in [-0.2, -0.15) is 10.1 Å². The molecule has 28 heavy (non-hydrogen) atoms. The van der Waals surface area contributed by atoms with Crippen molar-refractivity contribution in [1.82, 2.24) is 25.2 Å². The molecule has 7 nitrogen and oxygen atoms in total. The van der Waals surface area contributed by atoms with Gasteiger partial charge in [-0.15, -0.1) is 0 Å². The van der Waals surface area contributed by atoms with Crippen molar-refractivity contribution in [2.24, 2.45) is 0 Å². The molecule has 1 atom stereocenters. The van der Waals surface area contributed by atoms with Crippen LogP contribution in [0.4, 0.5) is 4.39 Å². The lowest BCUT2D eigenvalue weighted by Gasteiger charge is -2.23. The van der Waals surface area contributed by atoms with E-state index in [0.29, 0.717) is 42.1 Å². The van der Waals surface area contributed by atoms with E-state index in [1.807, 2.05) is 4.90 Å². The molecule has 8 heteroatoms. The molecule has 0 spiro atoms. The molecule has 1 amide bonds. The first-order chi connectivity index (χ1) is 13.7. The molecule has 1 N–H and O–H groups in total. The Hall–Kier alpha value is -3.03. The fourth-order valence-electron chi connectivity index (χ4n) is 4.18. The second-order valence-corrected chi connectivity index (χ2v) is 7.52. The maximum absolute atomic E-state index is 13.1. The summed E-state index contributed by atoms with van der Waals surface area (Å²) in [5.41, 5.74) is 2.05. The van der Waals surface area contributed by atoms with Crippen molar-refractivity contribution in [3.8, 4) is 22.8 Å². The lowest BCUT2D eigenvalue weighted by Crippen LogP contribution is -2.34. The molecule has 1 aliphatic heterocycles. The second-order valence-electron chi connectivity index (χ2n) is 7.52. The van der Waals surface area contributed by atoms with Gasteiger partial charge in [-0.25, -0.2) is 4.39 Å². The van der Waals surface area contributed by atoms with Gasteiger partial charge in [-0.3, -0.25) is 9.89 Å². The highest BCUT2D eigenvalue weighted by Crippen LogP contribution is 2.33. The zero-order chi connectivity index (χ0) is 19.1. The second kappa shape index (κ2) is 6.85. The minimum Gasteiger partial charge on any atom is -0.339 e. The van der Waals surface area contributed by atoms with Gasteiger partial charge in [0.2, 0.25) is 5.91 Å². The average Bonchev–Trinajstić information content (AvgIpc) is 3.47. The van der Waals surface area contributed by atoms with Gasteiger partial charge in [0.1, 0.15) is 11.5 Å². The van der Waals surface area contributed by atoms with Crippen LogP contribution in [0.5, 0.6) is 0 Å². The van der Waals surface area contributed by atoms with Crippen LogP contribution in [-0.4, -0.2) is 43.7 Å². The Morgan fingerprint density at radius 2 is 1.96 bits per heavy atom. The molecule has 1 saturated carbocycles. The van der Waals surface area contributed by atoms with E-state index in [4.69, 9.17) is 4.52 Å². The number of hydrogen-bond acceptors (Lipinski definition) is 5. The van der Waals surface area contributed by atoms with Gasteiger partial charge < -0.3 is 9.42 Å². The Morgan fingerprint density at radius 1 is 1.18 bits per heavy atom. The number of amides is 1. The van der Waals surface area contributed by atoms with Gasteiger partial charge in [-0.1, -0.05) is 18.0 Å². The van der Waals surface area contributed by atoms with Crippen molar-refractivity contribution in [2.75, 3.05) is 6.54 Å². The normalized spacial score (nSPS) is 20.4. The molecule has 3 aromatic rings. The smallest absolute Gasteiger partial charge is 0.275 e. The maximum Gasteiger partial charge on any atom is 0.275 e. The number of carbonyl (C=O) groups is 1. The van der Waals surface area contributed by atoms with Crippen molar-refractivity contribution < 1.29 is 13.7 Å². The van der Waals surface area contributed by atoms with Crippen LogP contribution in [0.3, 0.4) is 0 Å². The SMILES string of the molecule is O=C1CC(c2noc(-c3cc(-c4ccc(F)cc4)n[nH]3)n2)CN1C1CCCC1. The standard InChI is InChI=1S/C20H20FN5O2/c21-14-7-5-12(6-8-14)16-10-17(24-23-16)20-22-19(25-28-20)13-9-18(27)26(11-13)15-3-1-2-4-15/h5-8,10,13,15H,1-4,9,11H2,(H,23,24). The van der Waals surface area contributed by atoms with Crippen LogP contribution in [0.1, 0.15) is 43.8 Å². The number of likely N-dealkylation sites (tertiary alicyclic amines) is 1. The number of benzene rings is 1. The predicted octanol–water partition coefficient (Wildman–Crippen LogP) is 3.52. The van der Waals surface area contributed by atoms with Crippen LogP contribution >= 0.6 is 0 Å². The summed E-state index contributed by atoms with van der Waals surface area (Å²) in [4.78, 5) is 18.9. The fourth-order valence-corrected chi connectivity index (χ4v) is 4.18. The molecule has 0 radical (unpaired) electrons. The number of nitrogens with one attached hydrogen (secondary N) is 1. The molecule has 2 aromatic heterocycles. The lowest BCUT2D eigenvalue weighted by atomic mass is 10.1. The minimum absolute atomic E-state index is 0.0370. The Balaban J connectivity index is 1.33. The van der Waals surface area contributed by atoms with E-state index in [9.17, 15) is 9.18 Å². The zero-order valence-electron chi connectivity index (χ0n) is 15.3. The molecule has 2 fully saturated rings. The summed E-state index contributed by atoms with van der Waals surface area (Å²) in [6.45, 7) is 0.659. The molecule has 1 aromatic carbocycles. The van der Waals surface area contributed by atoms with Crippen molar-refractivity contribution in [2.45, 2.75) is 44.1 Å². The highest BCUT2D eigenvalue weighted by atomic mass is 19.1. The molecule has 1 unspecified atom stereocenters. The largest absolute Gasteiger partial charge is 0.339 e. The van der Waals surface area contributed by atoms with Crippen LogP contribution in [0, 0.1) is 5.82 Å². The van der Waals surface area contributed by atoms with Crippen LogP contribution in [0.25, 0.3) is 22.8 Å². The van der Waals surface area contributed by atoms with Gasteiger partial charge in [0.05, 0.1) is 5.69 Å². The van der Waals surface area contributed by atoms with Crippen LogP contribution in [-0.2, 0) is 4.79 Å². The summed E-state index contributed by atoms with van der Waals surface area (Å²) in [6.07, 6.45) is 5.01. The van der Waals surface area contributed by atoms with E-state index in [1.54, 1.807) is 18.2 Å². The van der Waals surface area contributed by atoms with Crippen LogP contribution in [0.2, 0.25) is 0 Å². The summed E-state index contributed by atoms with van der Waals surface area (Å²) < 4.78 is 18.5. The van der Waals surface area contributed by atoms with E-state index < -0.39 is 0 Å². The number of aromatic nitrogens is 4. The van der Waals surface area contributed by atoms with E-state index in [1.165, 1.54) is 25.0 Å².